The predicted octanol–water partition coefficient (Wildman–Crippen LogP) is 1.47. The molecule has 0 saturated carbocycles. The number of amides is 1. The zero-order valence-corrected chi connectivity index (χ0v) is 15.6. The molecule has 6 heteroatoms. The first-order chi connectivity index (χ1) is 12.0. The van der Waals surface area contributed by atoms with E-state index in [0.717, 1.165) is 57.9 Å². The summed E-state index contributed by atoms with van der Waals surface area (Å²) in [6.07, 6.45) is 4.13. The molecule has 1 aromatic heterocycles. The van der Waals surface area contributed by atoms with Crippen LogP contribution in [0, 0.1) is 0 Å². The molecule has 2 aliphatic heterocycles. The van der Waals surface area contributed by atoms with Crippen molar-refractivity contribution in [2.45, 2.75) is 38.5 Å². The number of rotatable bonds is 4. The molecule has 2 fully saturated rings. The van der Waals surface area contributed by atoms with Gasteiger partial charge in [0.1, 0.15) is 0 Å². The molecule has 0 aromatic carbocycles. The zero-order chi connectivity index (χ0) is 17.8. The van der Waals surface area contributed by atoms with Crippen molar-refractivity contribution in [3.8, 4) is 0 Å². The van der Waals surface area contributed by atoms with Crippen molar-refractivity contribution in [2.75, 3.05) is 46.9 Å². The minimum Gasteiger partial charge on any atom is -0.376 e. The monoisotopic (exact) mass is 346 g/mol. The van der Waals surface area contributed by atoms with Crippen LogP contribution in [0.1, 0.15) is 35.8 Å². The van der Waals surface area contributed by atoms with Crippen LogP contribution < -0.4 is 0 Å². The molecule has 0 spiro atoms. The van der Waals surface area contributed by atoms with Crippen molar-refractivity contribution in [3.63, 3.8) is 0 Å². The molecule has 3 rings (SSSR count). The van der Waals surface area contributed by atoms with Crippen molar-refractivity contribution in [2.24, 2.45) is 0 Å². The van der Waals surface area contributed by atoms with Gasteiger partial charge in [0.25, 0.3) is 5.91 Å². The van der Waals surface area contributed by atoms with E-state index >= 15 is 0 Å². The fourth-order valence-corrected chi connectivity index (χ4v) is 3.76. The van der Waals surface area contributed by atoms with Gasteiger partial charge in [-0.1, -0.05) is 0 Å². The van der Waals surface area contributed by atoms with Gasteiger partial charge in [0.2, 0.25) is 0 Å². The van der Waals surface area contributed by atoms with Gasteiger partial charge in [0.15, 0.2) is 0 Å². The predicted molar refractivity (Wildman–Crippen MR) is 97.5 cm³/mol. The second kappa shape index (κ2) is 8.25. The molecule has 25 heavy (non-hydrogen) atoms. The molecule has 3 heterocycles. The summed E-state index contributed by atoms with van der Waals surface area (Å²) in [5.74, 6) is 0.109. The number of morpholine rings is 1. The second-order valence-electron chi connectivity index (χ2n) is 7.48. The summed E-state index contributed by atoms with van der Waals surface area (Å²) in [6.45, 7) is 7.43. The van der Waals surface area contributed by atoms with E-state index < -0.39 is 0 Å². The van der Waals surface area contributed by atoms with Crippen LogP contribution in [0.2, 0.25) is 0 Å². The average molecular weight is 346 g/mol. The number of carbonyl (C=O) groups is 1. The van der Waals surface area contributed by atoms with Crippen LogP contribution in [0.5, 0.6) is 0 Å². The van der Waals surface area contributed by atoms with Crippen LogP contribution in [-0.4, -0.2) is 84.6 Å². The molecule has 2 saturated heterocycles. The third-order valence-corrected chi connectivity index (χ3v) is 5.09. The van der Waals surface area contributed by atoms with Gasteiger partial charge in [-0.05, 0) is 46.0 Å². The quantitative estimate of drug-likeness (QED) is 0.826. The highest BCUT2D eigenvalue weighted by molar-refractivity contribution is 5.94. The van der Waals surface area contributed by atoms with Crippen LogP contribution in [0.25, 0.3) is 0 Å². The third kappa shape index (κ3) is 4.77. The minimum absolute atomic E-state index is 0.109. The van der Waals surface area contributed by atoms with Crippen LogP contribution in [0.15, 0.2) is 18.3 Å². The summed E-state index contributed by atoms with van der Waals surface area (Å²) >= 11 is 0. The van der Waals surface area contributed by atoms with Crippen molar-refractivity contribution in [1.82, 2.24) is 19.7 Å². The Morgan fingerprint density at radius 1 is 1.28 bits per heavy atom. The minimum atomic E-state index is 0.109. The Balaban J connectivity index is 1.52. The number of hydrogen-bond acceptors (Lipinski definition) is 5. The van der Waals surface area contributed by atoms with Crippen LogP contribution in [0.3, 0.4) is 0 Å². The zero-order valence-electron chi connectivity index (χ0n) is 15.6. The SMILES string of the molecule is CC1CN(C2CCN(C(=O)c3ccc(CN(C)C)nc3)CC2)CCO1. The van der Waals surface area contributed by atoms with Crippen LogP contribution in [-0.2, 0) is 11.3 Å². The fraction of sp³-hybridized carbons (Fsp3) is 0.684. The first kappa shape index (κ1) is 18.3. The molecule has 138 valence electrons. The molecule has 0 bridgehead atoms. The smallest absolute Gasteiger partial charge is 0.255 e. The van der Waals surface area contributed by atoms with Gasteiger partial charge in [0.05, 0.1) is 24.0 Å². The number of piperidine rings is 1. The lowest BCUT2D eigenvalue weighted by atomic mass is 10.0. The summed E-state index contributed by atoms with van der Waals surface area (Å²) < 4.78 is 5.63. The maximum Gasteiger partial charge on any atom is 0.255 e. The molecule has 1 unspecified atom stereocenters. The molecule has 0 N–H and O–H groups in total. The number of hydrogen-bond donors (Lipinski definition) is 0. The summed E-state index contributed by atoms with van der Waals surface area (Å²) in [5.41, 5.74) is 1.68. The lowest BCUT2D eigenvalue weighted by Gasteiger charge is -2.41. The standard InChI is InChI=1S/C19H30N4O2/c1-15-13-23(10-11-25-15)18-6-8-22(9-7-18)19(24)16-4-5-17(20-12-16)14-21(2)3/h4-5,12,15,18H,6-11,13-14H2,1-3H3. The number of carbonyl (C=O) groups excluding carboxylic acids is 1. The van der Waals surface area contributed by atoms with E-state index in [4.69, 9.17) is 4.74 Å². The van der Waals surface area contributed by atoms with Gasteiger partial charge in [-0.3, -0.25) is 14.7 Å². The number of pyridine rings is 1. The molecule has 0 aliphatic carbocycles. The van der Waals surface area contributed by atoms with Gasteiger partial charge in [-0.15, -0.1) is 0 Å². The number of likely N-dealkylation sites (tertiary alicyclic amines) is 1. The van der Waals surface area contributed by atoms with Crippen molar-refractivity contribution in [1.29, 1.82) is 0 Å². The Kier molecular flexibility index (Phi) is 6.04. The summed E-state index contributed by atoms with van der Waals surface area (Å²) in [5, 5.41) is 0. The Morgan fingerprint density at radius 3 is 2.64 bits per heavy atom. The van der Waals surface area contributed by atoms with E-state index in [2.05, 4.69) is 21.7 Å². The van der Waals surface area contributed by atoms with Crippen molar-refractivity contribution in [3.05, 3.63) is 29.6 Å². The summed E-state index contributed by atoms with van der Waals surface area (Å²) in [7, 11) is 4.03. The molecule has 1 amide bonds. The first-order valence-corrected chi connectivity index (χ1v) is 9.27. The Labute approximate surface area is 150 Å². The largest absolute Gasteiger partial charge is 0.376 e. The van der Waals surface area contributed by atoms with E-state index in [0.29, 0.717) is 17.7 Å². The lowest BCUT2D eigenvalue weighted by Crippen LogP contribution is -2.51. The maximum absolute atomic E-state index is 12.7. The van der Waals surface area contributed by atoms with E-state index in [1.54, 1.807) is 6.20 Å². The van der Waals surface area contributed by atoms with E-state index in [1.807, 2.05) is 31.1 Å². The Morgan fingerprint density at radius 2 is 2.04 bits per heavy atom. The molecular formula is C19H30N4O2. The maximum atomic E-state index is 12.7. The highest BCUT2D eigenvalue weighted by atomic mass is 16.5. The van der Waals surface area contributed by atoms with Gasteiger partial charge in [-0.2, -0.15) is 0 Å². The molecule has 2 aliphatic rings. The van der Waals surface area contributed by atoms with Gasteiger partial charge < -0.3 is 14.5 Å². The lowest BCUT2D eigenvalue weighted by molar-refractivity contribution is -0.0423. The number of nitrogens with zero attached hydrogens (tertiary/aromatic N) is 4. The molecule has 1 atom stereocenters. The second-order valence-corrected chi connectivity index (χ2v) is 7.48. The molecule has 6 nitrogen and oxygen atoms in total. The third-order valence-electron chi connectivity index (χ3n) is 5.09. The van der Waals surface area contributed by atoms with E-state index in [9.17, 15) is 4.79 Å². The topological polar surface area (TPSA) is 48.9 Å². The Hall–Kier alpha value is -1.50. The van der Waals surface area contributed by atoms with Gasteiger partial charge in [-0.25, -0.2) is 0 Å². The fourth-order valence-electron chi connectivity index (χ4n) is 3.76. The Bertz CT molecular complexity index is 567. The summed E-state index contributed by atoms with van der Waals surface area (Å²) in [4.78, 5) is 23.7. The van der Waals surface area contributed by atoms with Crippen LogP contribution in [0.4, 0.5) is 0 Å². The van der Waals surface area contributed by atoms with E-state index in [-0.39, 0.29) is 5.91 Å². The van der Waals surface area contributed by atoms with Crippen molar-refractivity contribution >= 4 is 5.91 Å². The first-order valence-electron chi connectivity index (χ1n) is 9.27. The molecule has 1 aromatic rings. The highest BCUT2D eigenvalue weighted by Crippen LogP contribution is 2.20. The molecule has 0 radical (unpaired) electrons. The average Bonchev–Trinajstić information content (AvgIpc) is 2.61. The van der Waals surface area contributed by atoms with Gasteiger partial charge in [0, 0.05) is 45.0 Å². The van der Waals surface area contributed by atoms with Gasteiger partial charge >= 0.3 is 0 Å². The summed E-state index contributed by atoms with van der Waals surface area (Å²) in [6, 6.07) is 4.44. The van der Waals surface area contributed by atoms with Crippen LogP contribution >= 0.6 is 0 Å². The highest BCUT2D eigenvalue weighted by Gasteiger charge is 2.29. The van der Waals surface area contributed by atoms with Crippen molar-refractivity contribution < 1.29 is 9.53 Å². The molecular weight excluding hydrogens is 316 g/mol. The normalized spacial score (nSPS) is 23.2. The number of aromatic nitrogens is 1. The number of ether oxygens (including phenoxy) is 1. The van der Waals surface area contributed by atoms with E-state index in [1.165, 1.54) is 0 Å².